The van der Waals surface area contributed by atoms with Gasteiger partial charge in [0.05, 0.1) is 0 Å². The summed E-state index contributed by atoms with van der Waals surface area (Å²) in [6.45, 7) is 32.3. The molecule has 32 heavy (non-hydrogen) atoms. The number of hydrogen-bond donors (Lipinski definition) is 0. The predicted octanol–water partition coefficient (Wildman–Crippen LogP) is 5.14. The molecule has 0 spiro atoms. The average Bonchev–Trinajstić information content (AvgIpc) is 3.24. The Labute approximate surface area is 202 Å². The van der Waals surface area contributed by atoms with Crippen LogP contribution >= 0.6 is 0 Å². The Morgan fingerprint density at radius 3 is 1.44 bits per heavy atom. The number of piperidine rings is 3. The fraction of sp³-hybridized carbons (Fsp3) is 1.00. The molecule has 4 heteroatoms. The van der Waals surface area contributed by atoms with E-state index < -0.39 is 0 Å². The molecular weight excluding hydrogens is 392 g/mol. The van der Waals surface area contributed by atoms with Crippen LogP contribution in [0.1, 0.15) is 81.6 Å². The summed E-state index contributed by atoms with van der Waals surface area (Å²) in [5.41, 5.74) is 0. The van der Waals surface area contributed by atoms with E-state index in [9.17, 15) is 0 Å². The van der Waals surface area contributed by atoms with Crippen molar-refractivity contribution in [2.24, 2.45) is 23.7 Å². The van der Waals surface area contributed by atoms with Crippen LogP contribution in [0, 0.1) is 23.7 Å². The minimum absolute atomic E-state index is 0.735. The molecule has 4 saturated heterocycles. The molecule has 4 aliphatic heterocycles. The van der Waals surface area contributed by atoms with Gasteiger partial charge in [0.1, 0.15) is 0 Å². The molecule has 0 aromatic carbocycles. The van der Waals surface area contributed by atoms with Gasteiger partial charge in [0.2, 0.25) is 0 Å². The summed E-state index contributed by atoms with van der Waals surface area (Å²) in [5, 5.41) is 0. The van der Waals surface area contributed by atoms with Crippen molar-refractivity contribution in [2.45, 2.75) is 99.7 Å². The van der Waals surface area contributed by atoms with Gasteiger partial charge >= 0.3 is 0 Å². The highest BCUT2D eigenvalue weighted by atomic mass is 15.2. The fourth-order valence-corrected chi connectivity index (χ4v) is 6.35. The first kappa shape index (κ1) is 28.1. The molecule has 4 aliphatic rings. The molecule has 4 heterocycles. The topological polar surface area (TPSA) is 13.0 Å². The van der Waals surface area contributed by atoms with Crippen molar-refractivity contribution in [3.05, 3.63) is 0 Å². The molecular formula is C28H58N4. The number of hydrogen-bond acceptors (Lipinski definition) is 4. The van der Waals surface area contributed by atoms with Gasteiger partial charge in [-0.3, -0.25) is 0 Å². The van der Waals surface area contributed by atoms with Crippen LogP contribution in [0.4, 0.5) is 0 Å². The van der Waals surface area contributed by atoms with Gasteiger partial charge < -0.3 is 19.6 Å². The molecule has 4 nitrogen and oxygen atoms in total. The van der Waals surface area contributed by atoms with Crippen molar-refractivity contribution in [1.29, 1.82) is 0 Å². The van der Waals surface area contributed by atoms with Crippen LogP contribution in [0.3, 0.4) is 0 Å². The highest BCUT2D eigenvalue weighted by molar-refractivity contribution is 4.91. The van der Waals surface area contributed by atoms with E-state index in [1.165, 1.54) is 78.2 Å². The van der Waals surface area contributed by atoms with E-state index in [0.717, 1.165) is 41.8 Å². The Bertz CT molecular complexity index is 500. The van der Waals surface area contributed by atoms with Crippen molar-refractivity contribution in [3.8, 4) is 0 Å². The Morgan fingerprint density at radius 2 is 0.938 bits per heavy atom. The Morgan fingerprint density at radius 1 is 0.531 bits per heavy atom. The van der Waals surface area contributed by atoms with E-state index >= 15 is 0 Å². The first-order valence-corrected chi connectivity index (χ1v) is 14.2. The van der Waals surface area contributed by atoms with Gasteiger partial charge in [-0.05, 0) is 111 Å². The molecule has 0 bridgehead atoms. The minimum atomic E-state index is 0.735. The van der Waals surface area contributed by atoms with Crippen LogP contribution in [-0.2, 0) is 0 Å². The van der Waals surface area contributed by atoms with Gasteiger partial charge in [0, 0.05) is 50.8 Å². The Kier molecular flexibility index (Phi) is 12.0. The zero-order chi connectivity index (χ0) is 23.8. The smallest absolute Gasteiger partial charge is 0.00388 e. The number of likely N-dealkylation sites (tertiary alicyclic amines) is 4. The lowest BCUT2D eigenvalue weighted by Gasteiger charge is -2.46. The maximum atomic E-state index is 2.67. The van der Waals surface area contributed by atoms with Gasteiger partial charge in [-0.15, -0.1) is 0 Å². The van der Waals surface area contributed by atoms with Crippen LogP contribution in [0.15, 0.2) is 0 Å². The van der Waals surface area contributed by atoms with E-state index in [2.05, 4.69) is 68.1 Å². The second-order valence-corrected chi connectivity index (χ2v) is 11.5. The zero-order valence-corrected chi connectivity index (χ0v) is 23.3. The van der Waals surface area contributed by atoms with Crippen molar-refractivity contribution < 1.29 is 0 Å². The van der Waals surface area contributed by atoms with Crippen molar-refractivity contribution in [3.63, 3.8) is 0 Å². The lowest BCUT2D eigenvalue weighted by atomic mass is 9.80. The average molecular weight is 451 g/mol. The summed E-state index contributed by atoms with van der Waals surface area (Å²) >= 11 is 0. The third-order valence-corrected chi connectivity index (χ3v) is 8.73. The van der Waals surface area contributed by atoms with E-state index in [4.69, 9.17) is 0 Å². The molecule has 0 N–H and O–H groups in total. The summed E-state index contributed by atoms with van der Waals surface area (Å²) < 4.78 is 0. The Balaban J connectivity index is 0.000000211. The standard InChI is InChI=1S/2C13H26N2.C2H6/c1-10(2)14-6-5-12-7-15(11(3)4)9-13(12)8-14;1-4-14-7-5-12-6-8-15(11(2)3)10-13(12)9-14;1-2/h10-13H,5-9H2,1-4H3;11-13H,4-10H2,1-3H3;1-2H3. The first-order chi connectivity index (χ1) is 15.3. The van der Waals surface area contributed by atoms with Gasteiger partial charge in [0.15, 0.2) is 0 Å². The molecule has 0 aliphatic carbocycles. The Hall–Kier alpha value is -0.160. The number of fused-ring (bicyclic) bond motifs is 2. The predicted molar refractivity (Wildman–Crippen MR) is 141 cm³/mol. The maximum Gasteiger partial charge on any atom is 0.00388 e. The van der Waals surface area contributed by atoms with Crippen molar-refractivity contribution in [2.75, 3.05) is 58.9 Å². The summed E-state index contributed by atoms with van der Waals surface area (Å²) in [5.74, 6) is 3.92. The molecule has 0 aromatic rings. The molecule has 4 fully saturated rings. The van der Waals surface area contributed by atoms with E-state index in [-0.39, 0.29) is 0 Å². The van der Waals surface area contributed by atoms with Gasteiger partial charge in [-0.1, -0.05) is 20.8 Å². The second-order valence-electron chi connectivity index (χ2n) is 11.5. The van der Waals surface area contributed by atoms with Gasteiger partial charge in [-0.2, -0.15) is 0 Å². The summed E-state index contributed by atoms with van der Waals surface area (Å²) in [6.07, 6.45) is 4.32. The first-order valence-electron chi connectivity index (χ1n) is 14.2. The van der Waals surface area contributed by atoms with Gasteiger partial charge in [-0.25, -0.2) is 0 Å². The van der Waals surface area contributed by atoms with Crippen molar-refractivity contribution >= 4 is 0 Å². The highest BCUT2D eigenvalue weighted by Crippen LogP contribution is 2.33. The monoisotopic (exact) mass is 450 g/mol. The summed E-state index contributed by atoms with van der Waals surface area (Å²) in [6, 6.07) is 2.21. The zero-order valence-electron chi connectivity index (χ0n) is 23.3. The molecule has 4 rings (SSSR count). The molecule has 0 amide bonds. The SMILES string of the molecule is CC.CC(C)N1CCC2CN(C(C)C)CC2C1.CCN1CCC2CCN(C(C)C)CC2C1. The second kappa shape index (κ2) is 13.7. The van der Waals surface area contributed by atoms with Gasteiger partial charge in [0.25, 0.3) is 0 Å². The third kappa shape index (κ3) is 7.68. The van der Waals surface area contributed by atoms with Crippen LogP contribution < -0.4 is 0 Å². The molecule has 0 saturated carbocycles. The lowest BCUT2D eigenvalue weighted by molar-refractivity contribution is 0.0313. The van der Waals surface area contributed by atoms with E-state index in [0.29, 0.717) is 0 Å². The third-order valence-electron chi connectivity index (χ3n) is 8.73. The normalized spacial score (nSPS) is 32.2. The van der Waals surface area contributed by atoms with Crippen LogP contribution in [0.2, 0.25) is 0 Å². The van der Waals surface area contributed by atoms with Crippen LogP contribution in [-0.4, -0.2) is 96.6 Å². The fourth-order valence-electron chi connectivity index (χ4n) is 6.35. The molecule has 0 radical (unpaired) electrons. The maximum absolute atomic E-state index is 2.67. The molecule has 4 atom stereocenters. The van der Waals surface area contributed by atoms with Crippen molar-refractivity contribution in [1.82, 2.24) is 19.6 Å². The van der Waals surface area contributed by atoms with Crippen LogP contribution in [0.5, 0.6) is 0 Å². The number of rotatable bonds is 4. The molecule has 190 valence electrons. The molecule has 4 unspecified atom stereocenters. The largest absolute Gasteiger partial charge is 0.303 e. The van der Waals surface area contributed by atoms with E-state index in [1.807, 2.05) is 13.8 Å². The lowest BCUT2D eigenvalue weighted by Crippen LogP contribution is -2.51. The minimum Gasteiger partial charge on any atom is -0.303 e. The summed E-state index contributed by atoms with van der Waals surface area (Å²) in [7, 11) is 0. The van der Waals surface area contributed by atoms with E-state index in [1.54, 1.807) is 0 Å². The summed E-state index contributed by atoms with van der Waals surface area (Å²) in [4.78, 5) is 10.6. The highest BCUT2D eigenvalue weighted by Gasteiger charge is 2.38. The quantitative estimate of drug-likeness (QED) is 0.588. The van der Waals surface area contributed by atoms with Crippen LogP contribution in [0.25, 0.3) is 0 Å². The molecule has 0 aromatic heterocycles. The number of nitrogens with zero attached hydrogens (tertiary/aromatic N) is 4.